The summed E-state index contributed by atoms with van der Waals surface area (Å²) in [5.41, 5.74) is 3.38. The highest BCUT2D eigenvalue weighted by Gasteiger charge is 2.13. The number of nitriles is 1. The van der Waals surface area contributed by atoms with E-state index in [9.17, 15) is 5.26 Å². The Hall–Kier alpha value is -3.31. The minimum atomic E-state index is 0.784. The molecule has 0 fully saturated rings. The second kappa shape index (κ2) is 7.51. The van der Waals surface area contributed by atoms with E-state index in [0.29, 0.717) is 0 Å². The number of para-hydroxylation sites is 1. The fourth-order valence-electron chi connectivity index (χ4n) is 3.91. The molecular formula is C25H22N2. The van der Waals surface area contributed by atoms with Gasteiger partial charge in [-0.2, -0.15) is 5.26 Å². The molecule has 0 aliphatic rings. The third-order valence-electron chi connectivity index (χ3n) is 5.27. The molecule has 0 radical (unpaired) electrons. The molecule has 0 heterocycles. The fraction of sp³-hybridized carbons (Fsp3) is 0.160. The predicted molar refractivity (Wildman–Crippen MR) is 114 cm³/mol. The van der Waals surface area contributed by atoms with Crippen molar-refractivity contribution in [2.75, 3.05) is 18.5 Å². The Morgan fingerprint density at radius 2 is 1.26 bits per heavy atom. The summed E-state index contributed by atoms with van der Waals surface area (Å²) in [7, 11) is 2.14. The molecule has 0 aliphatic carbocycles. The standard InChI is InChI=1S/C25H22N2/c1-27(19-10-3-2-4-11-19)17-9-16-22-20-12-5-7-14-23(20)25(18-26)24-15-8-6-13-21(22)24/h2-8,10-15H,9,16-17H2,1H3. The molecular weight excluding hydrogens is 328 g/mol. The molecule has 2 nitrogen and oxygen atoms in total. The Kier molecular flexibility index (Phi) is 4.77. The van der Waals surface area contributed by atoms with E-state index < -0.39 is 0 Å². The van der Waals surface area contributed by atoms with Crippen LogP contribution in [0.15, 0.2) is 78.9 Å². The number of anilines is 1. The summed E-state index contributed by atoms with van der Waals surface area (Å²) in [5, 5.41) is 14.3. The van der Waals surface area contributed by atoms with E-state index in [2.05, 4.69) is 78.7 Å². The minimum Gasteiger partial charge on any atom is -0.375 e. The molecule has 132 valence electrons. The van der Waals surface area contributed by atoms with Crippen LogP contribution in [0, 0.1) is 11.3 Å². The Morgan fingerprint density at radius 3 is 1.81 bits per heavy atom. The van der Waals surface area contributed by atoms with E-state index in [1.165, 1.54) is 22.0 Å². The third-order valence-corrected chi connectivity index (χ3v) is 5.27. The van der Waals surface area contributed by atoms with E-state index in [-0.39, 0.29) is 0 Å². The molecule has 0 spiro atoms. The Balaban J connectivity index is 1.70. The van der Waals surface area contributed by atoms with Gasteiger partial charge in [0.25, 0.3) is 0 Å². The van der Waals surface area contributed by atoms with E-state index in [4.69, 9.17) is 0 Å². The zero-order chi connectivity index (χ0) is 18.6. The number of benzene rings is 4. The van der Waals surface area contributed by atoms with Gasteiger partial charge >= 0.3 is 0 Å². The van der Waals surface area contributed by atoms with Crippen LogP contribution in [0.3, 0.4) is 0 Å². The Labute approximate surface area is 160 Å². The monoisotopic (exact) mass is 350 g/mol. The van der Waals surface area contributed by atoms with Gasteiger partial charge in [-0.1, -0.05) is 66.7 Å². The highest BCUT2D eigenvalue weighted by atomic mass is 15.1. The zero-order valence-electron chi connectivity index (χ0n) is 15.5. The van der Waals surface area contributed by atoms with Gasteiger partial charge in [-0.15, -0.1) is 0 Å². The van der Waals surface area contributed by atoms with Gasteiger partial charge in [0.15, 0.2) is 0 Å². The number of hydrogen-bond donors (Lipinski definition) is 0. The Bertz CT molecular complexity index is 1070. The summed E-state index contributed by atoms with van der Waals surface area (Å²) in [5.74, 6) is 0. The number of hydrogen-bond acceptors (Lipinski definition) is 2. The molecule has 0 amide bonds. The van der Waals surface area contributed by atoms with Gasteiger partial charge in [0, 0.05) is 30.1 Å². The average Bonchev–Trinajstić information content (AvgIpc) is 2.74. The van der Waals surface area contributed by atoms with E-state index in [1.807, 2.05) is 18.2 Å². The van der Waals surface area contributed by atoms with Crippen molar-refractivity contribution in [1.29, 1.82) is 5.26 Å². The number of nitrogens with zero attached hydrogens (tertiary/aromatic N) is 2. The molecule has 0 saturated carbocycles. The van der Waals surface area contributed by atoms with Crippen molar-refractivity contribution in [3.05, 3.63) is 90.0 Å². The lowest BCUT2D eigenvalue weighted by Gasteiger charge is -2.20. The van der Waals surface area contributed by atoms with E-state index in [0.717, 1.165) is 35.7 Å². The summed E-state index contributed by atoms with van der Waals surface area (Å²) in [6, 6.07) is 29.5. The van der Waals surface area contributed by atoms with Crippen molar-refractivity contribution in [1.82, 2.24) is 0 Å². The van der Waals surface area contributed by atoms with Crippen LogP contribution in [0.25, 0.3) is 21.5 Å². The average molecular weight is 350 g/mol. The molecule has 4 aromatic rings. The van der Waals surface area contributed by atoms with Gasteiger partial charge in [0.2, 0.25) is 0 Å². The van der Waals surface area contributed by atoms with Crippen LogP contribution in [0.4, 0.5) is 5.69 Å². The smallest absolute Gasteiger partial charge is 0.100 e. The molecule has 0 aromatic heterocycles. The molecule has 0 atom stereocenters. The second-order valence-electron chi connectivity index (χ2n) is 6.92. The molecule has 27 heavy (non-hydrogen) atoms. The lowest BCUT2D eigenvalue weighted by atomic mass is 9.90. The topological polar surface area (TPSA) is 27.0 Å². The first-order valence-corrected chi connectivity index (χ1v) is 9.38. The normalized spacial score (nSPS) is 10.8. The fourth-order valence-corrected chi connectivity index (χ4v) is 3.91. The summed E-state index contributed by atoms with van der Waals surface area (Å²) in [6.07, 6.45) is 2.05. The summed E-state index contributed by atoms with van der Waals surface area (Å²) in [6.45, 7) is 0.993. The van der Waals surface area contributed by atoms with E-state index in [1.54, 1.807) is 0 Å². The van der Waals surface area contributed by atoms with Crippen LogP contribution in [0.2, 0.25) is 0 Å². The maximum Gasteiger partial charge on any atom is 0.100 e. The van der Waals surface area contributed by atoms with Crippen LogP contribution < -0.4 is 4.90 Å². The SMILES string of the molecule is CN(CCCc1c2ccccc2c(C#N)c2ccccc12)c1ccccc1. The second-order valence-corrected chi connectivity index (χ2v) is 6.92. The lowest BCUT2D eigenvalue weighted by Crippen LogP contribution is -2.18. The molecule has 2 heteroatoms. The summed E-state index contributed by atoms with van der Waals surface area (Å²) in [4.78, 5) is 2.30. The largest absolute Gasteiger partial charge is 0.375 e. The minimum absolute atomic E-state index is 0.784. The van der Waals surface area contributed by atoms with Crippen LogP contribution in [0.5, 0.6) is 0 Å². The van der Waals surface area contributed by atoms with Gasteiger partial charge < -0.3 is 4.90 Å². The number of rotatable bonds is 5. The number of fused-ring (bicyclic) bond motifs is 2. The third kappa shape index (κ3) is 3.25. The van der Waals surface area contributed by atoms with Crippen LogP contribution in [-0.4, -0.2) is 13.6 Å². The lowest BCUT2D eigenvalue weighted by molar-refractivity contribution is 0.791. The molecule has 0 aliphatic heterocycles. The van der Waals surface area contributed by atoms with Crippen LogP contribution in [0.1, 0.15) is 17.5 Å². The zero-order valence-corrected chi connectivity index (χ0v) is 15.5. The first kappa shape index (κ1) is 17.1. The van der Waals surface area contributed by atoms with E-state index >= 15 is 0 Å². The number of aryl methyl sites for hydroxylation is 1. The molecule has 0 N–H and O–H groups in total. The van der Waals surface area contributed by atoms with Crippen molar-refractivity contribution >= 4 is 27.2 Å². The molecule has 0 saturated heterocycles. The Morgan fingerprint density at radius 1 is 0.741 bits per heavy atom. The molecule has 0 bridgehead atoms. The quantitative estimate of drug-likeness (QED) is 0.417. The van der Waals surface area contributed by atoms with Crippen molar-refractivity contribution < 1.29 is 0 Å². The summed E-state index contributed by atoms with van der Waals surface area (Å²) < 4.78 is 0. The van der Waals surface area contributed by atoms with Crippen molar-refractivity contribution in [2.45, 2.75) is 12.8 Å². The van der Waals surface area contributed by atoms with Crippen molar-refractivity contribution in [3.63, 3.8) is 0 Å². The highest BCUT2D eigenvalue weighted by molar-refractivity contribution is 6.07. The van der Waals surface area contributed by atoms with Gasteiger partial charge in [-0.3, -0.25) is 0 Å². The van der Waals surface area contributed by atoms with Crippen LogP contribution >= 0.6 is 0 Å². The van der Waals surface area contributed by atoms with Gasteiger partial charge in [0.05, 0.1) is 5.56 Å². The van der Waals surface area contributed by atoms with Crippen molar-refractivity contribution in [3.8, 4) is 6.07 Å². The molecule has 0 unspecified atom stereocenters. The summed E-state index contributed by atoms with van der Waals surface area (Å²) >= 11 is 0. The maximum atomic E-state index is 9.74. The molecule has 4 rings (SSSR count). The maximum absolute atomic E-state index is 9.74. The van der Waals surface area contributed by atoms with Gasteiger partial charge in [-0.05, 0) is 41.3 Å². The highest BCUT2D eigenvalue weighted by Crippen LogP contribution is 2.33. The predicted octanol–water partition coefficient (Wildman–Crippen LogP) is 5.93. The first-order chi connectivity index (χ1) is 13.3. The van der Waals surface area contributed by atoms with Crippen LogP contribution in [-0.2, 0) is 6.42 Å². The van der Waals surface area contributed by atoms with Crippen molar-refractivity contribution in [2.24, 2.45) is 0 Å². The first-order valence-electron chi connectivity index (χ1n) is 9.38. The van der Waals surface area contributed by atoms with Gasteiger partial charge in [-0.25, -0.2) is 0 Å². The molecule has 4 aromatic carbocycles. The van der Waals surface area contributed by atoms with Gasteiger partial charge in [0.1, 0.15) is 6.07 Å².